The van der Waals surface area contributed by atoms with Gasteiger partial charge in [0.1, 0.15) is 5.82 Å². The van der Waals surface area contributed by atoms with Crippen molar-refractivity contribution in [3.05, 3.63) is 57.9 Å². The highest BCUT2D eigenvalue weighted by Gasteiger charge is 2.33. The first-order valence-corrected chi connectivity index (χ1v) is 9.30. The quantitative estimate of drug-likeness (QED) is 0.689. The van der Waals surface area contributed by atoms with Crippen molar-refractivity contribution < 1.29 is 8.78 Å². The summed E-state index contributed by atoms with van der Waals surface area (Å²) in [5, 5.41) is 0.346. The van der Waals surface area contributed by atoms with Crippen LogP contribution in [0.4, 0.5) is 14.7 Å². The van der Waals surface area contributed by atoms with Gasteiger partial charge in [0.25, 0.3) is 12.0 Å². The van der Waals surface area contributed by atoms with Crippen LogP contribution in [-0.4, -0.2) is 32.5 Å². The second kappa shape index (κ2) is 7.26. The number of fused-ring (bicyclic) bond motifs is 1. The molecule has 0 amide bonds. The molecule has 1 unspecified atom stereocenters. The van der Waals surface area contributed by atoms with Crippen LogP contribution >= 0.6 is 0 Å². The number of para-hydroxylation sites is 1. The summed E-state index contributed by atoms with van der Waals surface area (Å²) in [6.07, 6.45) is -1.10. The smallest absolute Gasteiger partial charge is 0.261 e. The van der Waals surface area contributed by atoms with Crippen molar-refractivity contribution in [3.8, 4) is 0 Å². The molecule has 146 valence electrons. The highest BCUT2D eigenvalue weighted by molar-refractivity contribution is 5.77. The molecule has 1 atom stereocenters. The molecule has 1 saturated heterocycles. The minimum absolute atomic E-state index is 0.322. The zero-order valence-corrected chi connectivity index (χ0v) is 15.8. The van der Waals surface area contributed by atoms with Crippen LogP contribution in [0.2, 0.25) is 0 Å². The van der Waals surface area contributed by atoms with E-state index in [1.807, 2.05) is 24.8 Å². The van der Waals surface area contributed by atoms with Gasteiger partial charge in [-0.1, -0.05) is 12.1 Å². The fraction of sp³-hybridized carbons (Fsp3) is 0.400. The number of halogens is 2. The van der Waals surface area contributed by atoms with Crippen LogP contribution in [0.5, 0.6) is 0 Å². The first-order chi connectivity index (χ1) is 13.4. The molecule has 0 bridgehead atoms. The van der Waals surface area contributed by atoms with Gasteiger partial charge in [-0.15, -0.1) is 0 Å². The average Bonchev–Trinajstić information content (AvgIpc) is 3.12. The van der Waals surface area contributed by atoms with Crippen molar-refractivity contribution >= 4 is 16.9 Å². The van der Waals surface area contributed by atoms with E-state index in [4.69, 9.17) is 0 Å². The van der Waals surface area contributed by atoms with Gasteiger partial charge in [-0.3, -0.25) is 9.36 Å². The van der Waals surface area contributed by atoms with E-state index in [-0.39, 0.29) is 6.04 Å². The molecule has 1 aliphatic rings. The number of aromatic nitrogens is 4. The molecule has 0 radical (unpaired) electrons. The summed E-state index contributed by atoms with van der Waals surface area (Å²) in [5.74, 6) is 0.898. The van der Waals surface area contributed by atoms with Crippen LogP contribution in [0.1, 0.15) is 36.1 Å². The molecule has 1 fully saturated rings. The summed E-state index contributed by atoms with van der Waals surface area (Å²) in [5.41, 5.74) is 1.75. The molecule has 3 aromatic rings. The predicted octanol–water partition coefficient (Wildman–Crippen LogP) is 3.41. The second-order valence-electron chi connectivity index (χ2n) is 7.10. The first kappa shape index (κ1) is 18.5. The number of anilines is 1. The lowest BCUT2D eigenvalue weighted by Crippen LogP contribution is -2.34. The van der Waals surface area contributed by atoms with Gasteiger partial charge in [-0.25, -0.2) is 23.7 Å². The number of aryl methyl sites for hydroxylation is 2. The standard InChI is InChI=1S/C20H21F2N5O/c1-12-10-13(2)24-20(23-12)26-9-5-8-16(26)18-25-15-7-4-3-6-14(15)19(28)27(18)11-17(21)22/h3-4,6-7,10,16-17H,5,8-9,11H2,1-2H3. The molecular formula is C20H21F2N5O. The van der Waals surface area contributed by atoms with Crippen LogP contribution in [-0.2, 0) is 6.54 Å². The lowest BCUT2D eigenvalue weighted by Gasteiger charge is -2.27. The summed E-state index contributed by atoms with van der Waals surface area (Å²) in [7, 11) is 0. The van der Waals surface area contributed by atoms with Gasteiger partial charge in [0, 0.05) is 17.9 Å². The van der Waals surface area contributed by atoms with E-state index in [2.05, 4.69) is 15.0 Å². The Labute approximate surface area is 160 Å². The maximum absolute atomic E-state index is 13.3. The SMILES string of the molecule is Cc1cc(C)nc(N2CCCC2c2nc3ccccc3c(=O)n2CC(F)F)n1. The van der Waals surface area contributed by atoms with Gasteiger partial charge in [-0.2, -0.15) is 0 Å². The summed E-state index contributed by atoms with van der Waals surface area (Å²) in [6, 6.07) is 8.42. The monoisotopic (exact) mass is 385 g/mol. The van der Waals surface area contributed by atoms with Crippen molar-refractivity contribution in [2.45, 2.75) is 45.7 Å². The Morgan fingerprint density at radius 2 is 1.86 bits per heavy atom. The van der Waals surface area contributed by atoms with E-state index < -0.39 is 18.5 Å². The Hall–Kier alpha value is -2.90. The minimum Gasteiger partial charge on any atom is -0.331 e. The summed E-state index contributed by atoms with van der Waals surface area (Å²) < 4.78 is 27.7. The van der Waals surface area contributed by atoms with Crippen molar-refractivity contribution in [2.24, 2.45) is 0 Å². The molecule has 6 nitrogen and oxygen atoms in total. The van der Waals surface area contributed by atoms with Crippen molar-refractivity contribution in [1.29, 1.82) is 0 Å². The van der Waals surface area contributed by atoms with E-state index in [0.29, 0.717) is 35.6 Å². The van der Waals surface area contributed by atoms with E-state index in [1.54, 1.807) is 24.3 Å². The molecule has 1 aromatic carbocycles. The van der Waals surface area contributed by atoms with Crippen molar-refractivity contribution in [2.75, 3.05) is 11.4 Å². The summed E-state index contributed by atoms with van der Waals surface area (Å²) in [4.78, 5) is 28.6. The third kappa shape index (κ3) is 3.34. The Morgan fingerprint density at radius 3 is 2.57 bits per heavy atom. The number of alkyl halides is 2. The van der Waals surface area contributed by atoms with Crippen LogP contribution in [0.15, 0.2) is 35.1 Å². The van der Waals surface area contributed by atoms with Crippen molar-refractivity contribution in [1.82, 2.24) is 19.5 Å². The molecule has 0 spiro atoms. The normalized spacial score (nSPS) is 17.0. The van der Waals surface area contributed by atoms with Gasteiger partial charge in [0.05, 0.1) is 23.5 Å². The van der Waals surface area contributed by atoms with E-state index in [0.717, 1.165) is 22.4 Å². The molecule has 1 aliphatic heterocycles. The number of benzene rings is 1. The maximum Gasteiger partial charge on any atom is 0.261 e. The second-order valence-corrected chi connectivity index (χ2v) is 7.10. The largest absolute Gasteiger partial charge is 0.331 e. The Balaban J connectivity index is 1.87. The summed E-state index contributed by atoms with van der Waals surface area (Å²) >= 11 is 0. The topological polar surface area (TPSA) is 63.9 Å². The molecule has 0 saturated carbocycles. The number of rotatable bonds is 4. The van der Waals surface area contributed by atoms with E-state index in [1.165, 1.54) is 0 Å². The minimum atomic E-state index is -2.65. The molecule has 0 N–H and O–H groups in total. The van der Waals surface area contributed by atoms with Gasteiger partial charge in [0.15, 0.2) is 0 Å². The zero-order valence-electron chi connectivity index (χ0n) is 15.8. The number of hydrogen-bond acceptors (Lipinski definition) is 5. The highest BCUT2D eigenvalue weighted by Crippen LogP contribution is 2.34. The average molecular weight is 385 g/mol. The Bertz CT molecular complexity index is 1060. The van der Waals surface area contributed by atoms with Crippen LogP contribution < -0.4 is 10.5 Å². The summed E-state index contributed by atoms with van der Waals surface area (Å²) in [6.45, 7) is 3.80. The number of hydrogen-bond donors (Lipinski definition) is 0. The number of nitrogens with zero attached hydrogens (tertiary/aromatic N) is 5. The van der Waals surface area contributed by atoms with Crippen LogP contribution in [0.25, 0.3) is 10.9 Å². The fourth-order valence-electron chi connectivity index (χ4n) is 3.86. The van der Waals surface area contributed by atoms with Crippen LogP contribution in [0, 0.1) is 13.8 Å². The maximum atomic E-state index is 13.3. The van der Waals surface area contributed by atoms with Gasteiger partial charge < -0.3 is 4.90 Å². The fourth-order valence-corrected chi connectivity index (χ4v) is 3.86. The third-order valence-electron chi connectivity index (χ3n) is 4.99. The van der Waals surface area contributed by atoms with Gasteiger partial charge in [-0.05, 0) is 44.9 Å². The Kier molecular flexibility index (Phi) is 4.78. The predicted molar refractivity (Wildman–Crippen MR) is 103 cm³/mol. The molecular weight excluding hydrogens is 364 g/mol. The third-order valence-corrected chi connectivity index (χ3v) is 4.99. The molecule has 0 aliphatic carbocycles. The molecule has 28 heavy (non-hydrogen) atoms. The molecule has 8 heteroatoms. The highest BCUT2D eigenvalue weighted by atomic mass is 19.3. The molecule has 2 aromatic heterocycles. The van der Waals surface area contributed by atoms with Gasteiger partial charge in [0.2, 0.25) is 5.95 Å². The molecule has 4 rings (SSSR count). The van der Waals surface area contributed by atoms with E-state index >= 15 is 0 Å². The van der Waals surface area contributed by atoms with Crippen LogP contribution in [0.3, 0.4) is 0 Å². The lowest BCUT2D eigenvalue weighted by molar-refractivity contribution is 0.123. The van der Waals surface area contributed by atoms with Crippen molar-refractivity contribution in [3.63, 3.8) is 0 Å². The van der Waals surface area contributed by atoms with Gasteiger partial charge >= 0.3 is 0 Å². The Morgan fingerprint density at radius 1 is 1.14 bits per heavy atom. The zero-order chi connectivity index (χ0) is 19.8. The lowest BCUT2D eigenvalue weighted by atomic mass is 10.1. The molecule has 3 heterocycles. The first-order valence-electron chi connectivity index (χ1n) is 9.30. The van der Waals surface area contributed by atoms with E-state index in [9.17, 15) is 13.6 Å².